The third-order valence-electron chi connectivity index (χ3n) is 4.90. The lowest BCUT2D eigenvalue weighted by Gasteiger charge is -2.26. The SMILES string of the molecule is O=C(NC[C@H](c1ccco1)N1CCCC1)c1cc(=O)[nH]c2ccccc12. The number of nitrogens with one attached hydrogen (secondary N) is 2. The van der Waals surface area contributed by atoms with E-state index in [1.807, 2.05) is 30.3 Å². The summed E-state index contributed by atoms with van der Waals surface area (Å²) in [6.07, 6.45) is 3.97. The summed E-state index contributed by atoms with van der Waals surface area (Å²) in [6.45, 7) is 2.43. The van der Waals surface area contributed by atoms with Crippen molar-refractivity contribution in [3.05, 3.63) is 70.4 Å². The van der Waals surface area contributed by atoms with E-state index in [0.29, 0.717) is 17.6 Å². The van der Waals surface area contributed by atoms with Crippen molar-refractivity contribution in [2.75, 3.05) is 19.6 Å². The van der Waals surface area contributed by atoms with Crippen molar-refractivity contribution in [2.45, 2.75) is 18.9 Å². The molecule has 1 fully saturated rings. The number of para-hydroxylation sites is 1. The molecule has 4 rings (SSSR count). The molecule has 0 spiro atoms. The predicted molar refractivity (Wildman–Crippen MR) is 99.2 cm³/mol. The molecule has 2 N–H and O–H groups in total. The molecule has 26 heavy (non-hydrogen) atoms. The Labute approximate surface area is 150 Å². The summed E-state index contributed by atoms with van der Waals surface area (Å²) >= 11 is 0. The lowest BCUT2D eigenvalue weighted by molar-refractivity contribution is 0.0935. The normalized spacial score (nSPS) is 16.0. The van der Waals surface area contributed by atoms with Crippen molar-refractivity contribution in [2.24, 2.45) is 0 Å². The second kappa shape index (κ2) is 7.17. The van der Waals surface area contributed by atoms with Crippen LogP contribution in [0.2, 0.25) is 0 Å². The Kier molecular flexibility index (Phi) is 4.58. The van der Waals surface area contributed by atoms with Gasteiger partial charge >= 0.3 is 0 Å². The first-order valence-corrected chi connectivity index (χ1v) is 8.90. The van der Waals surface area contributed by atoms with Gasteiger partial charge < -0.3 is 14.7 Å². The van der Waals surface area contributed by atoms with Gasteiger partial charge in [-0.1, -0.05) is 18.2 Å². The lowest BCUT2D eigenvalue weighted by atomic mass is 10.1. The Bertz CT molecular complexity index is 956. The number of H-pyrrole nitrogens is 1. The minimum atomic E-state index is -0.282. The first-order chi connectivity index (χ1) is 12.7. The first kappa shape index (κ1) is 16.6. The maximum atomic E-state index is 12.8. The Morgan fingerprint density at radius 2 is 2.00 bits per heavy atom. The Morgan fingerprint density at radius 1 is 1.19 bits per heavy atom. The van der Waals surface area contributed by atoms with Crippen LogP contribution in [-0.2, 0) is 0 Å². The molecular weight excluding hydrogens is 330 g/mol. The molecule has 1 atom stereocenters. The van der Waals surface area contributed by atoms with Crippen molar-refractivity contribution in [3.63, 3.8) is 0 Å². The average molecular weight is 351 g/mol. The van der Waals surface area contributed by atoms with E-state index in [9.17, 15) is 9.59 Å². The van der Waals surface area contributed by atoms with Gasteiger partial charge in [0.25, 0.3) is 5.91 Å². The van der Waals surface area contributed by atoms with E-state index in [1.54, 1.807) is 12.3 Å². The topological polar surface area (TPSA) is 78.3 Å². The number of amides is 1. The van der Waals surface area contributed by atoms with Crippen molar-refractivity contribution in [1.29, 1.82) is 0 Å². The molecule has 0 aliphatic carbocycles. The lowest BCUT2D eigenvalue weighted by Crippen LogP contribution is -2.37. The van der Waals surface area contributed by atoms with Crippen LogP contribution in [0, 0.1) is 0 Å². The molecule has 0 bridgehead atoms. The van der Waals surface area contributed by atoms with Crippen molar-refractivity contribution < 1.29 is 9.21 Å². The third kappa shape index (κ3) is 3.28. The molecule has 0 saturated carbocycles. The van der Waals surface area contributed by atoms with E-state index in [2.05, 4.69) is 15.2 Å². The maximum Gasteiger partial charge on any atom is 0.252 e. The van der Waals surface area contributed by atoms with Crippen molar-refractivity contribution in [3.8, 4) is 0 Å². The molecule has 1 amide bonds. The van der Waals surface area contributed by atoms with Gasteiger partial charge in [-0.25, -0.2) is 0 Å². The van der Waals surface area contributed by atoms with Crippen molar-refractivity contribution >= 4 is 16.8 Å². The van der Waals surface area contributed by atoms with Crippen LogP contribution in [0.4, 0.5) is 0 Å². The number of aromatic nitrogens is 1. The third-order valence-corrected chi connectivity index (χ3v) is 4.90. The summed E-state index contributed by atoms with van der Waals surface area (Å²) < 4.78 is 5.59. The van der Waals surface area contributed by atoms with Gasteiger partial charge in [0.05, 0.1) is 17.9 Å². The van der Waals surface area contributed by atoms with Gasteiger partial charge in [-0.15, -0.1) is 0 Å². The fourth-order valence-corrected chi connectivity index (χ4v) is 3.62. The summed E-state index contributed by atoms with van der Waals surface area (Å²) in [6, 6.07) is 12.5. The number of hydrogen-bond acceptors (Lipinski definition) is 4. The highest BCUT2D eigenvalue weighted by Crippen LogP contribution is 2.25. The zero-order chi connectivity index (χ0) is 17.9. The van der Waals surface area contributed by atoms with Crippen LogP contribution in [0.25, 0.3) is 10.9 Å². The second-order valence-corrected chi connectivity index (χ2v) is 6.58. The molecule has 0 unspecified atom stereocenters. The van der Waals surface area contributed by atoms with Crippen molar-refractivity contribution in [1.82, 2.24) is 15.2 Å². The van der Waals surface area contributed by atoms with E-state index in [1.165, 1.54) is 6.07 Å². The smallest absolute Gasteiger partial charge is 0.252 e. The first-order valence-electron chi connectivity index (χ1n) is 8.90. The quantitative estimate of drug-likeness (QED) is 0.741. The maximum absolute atomic E-state index is 12.8. The molecule has 134 valence electrons. The van der Waals surface area contributed by atoms with Crippen LogP contribution >= 0.6 is 0 Å². The Balaban J connectivity index is 1.57. The molecule has 1 saturated heterocycles. The van der Waals surface area contributed by atoms with Crippen LogP contribution in [0.3, 0.4) is 0 Å². The minimum absolute atomic E-state index is 0.00436. The highest BCUT2D eigenvalue weighted by molar-refractivity contribution is 6.05. The van der Waals surface area contributed by atoms with Crippen LogP contribution in [-0.4, -0.2) is 35.4 Å². The molecule has 3 aromatic rings. The number of benzene rings is 1. The number of hydrogen-bond donors (Lipinski definition) is 2. The summed E-state index contributed by atoms with van der Waals surface area (Å²) in [5.41, 5.74) is 0.771. The van der Waals surface area contributed by atoms with Gasteiger partial charge in [-0.05, 0) is 44.1 Å². The van der Waals surface area contributed by atoms with Crippen LogP contribution < -0.4 is 10.9 Å². The minimum Gasteiger partial charge on any atom is -0.468 e. The summed E-state index contributed by atoms with van der Waals surface area (Å²) in [4.78, 5) is 29.8. The number of nitrogens with zero attached hydrogens (tertiary/aromatic N) is 1. The van der Waals surface area contributed by atoms with E-state index >= 15 is 0 Å². The number of carbonyl (C=O) groups excluding carboxylic acids is 1. The molecule has 2 aromatic heterocycles. The zero-order valence-corrected chi connectivity index (χ0v) is 14.4. The predicted octanol–water partition coefficient (Wildman–Crippen LogP) is 2.69. The number of fused-ring (bicyclic) bond motifs is 1. The van der Waals surface area contributed by atoms with Crippen LogP contribution in [0.15, 0.2) is 57.9 Å². The standard InChI is InChI=1S/C20H21N3O3/c24-19-12-15(14-6-1-2-7-16(14)22-19)20(25)21-13-17(18-8-5-11-26-18)23-9-3-4-10-23/h1-2,5-8,11-12,17H,3-4,9-10,13H2,(H,21,25)(H,22,24)/t17-/m1/s1. The van der Waals surface area contributed by atoms with E-state index < -0.39 is 0 Å². The average Bonchev–Trinajstić information content (AvgIpc) is 3.35. The van der Waals surface area contributed by atoms with Gasteiger partial charge in [0.1, 0.15) is 5.76 Å². The Morgan fingerprint density at radius 3 is 2.77 bits per heavy atom. The summed E-state index contributed by atoms with van der Waals surface area (Å²) in [7, 11) is 0. The molecular formula is C20H21N3O3. The van der Waals surface area contributed by atoms with Gasteiger partial charge in [0.15, 0.2) is 0 Å². The fourth-order valence-electron chi connectivity index (χ4n) is 3.62. The number of aromatic amines is 1. The number of furan rings is 1. The van der Waals surface area contributed by atoms with E-state index in [-0.39, 0.29) is 17.5 Å². The van der Waals surface area contributed by atoms with Gasteiger partial charge in [0, 0.05) is 23.5 Å². The van der Waals surface area contributed by atoms with Gasteiger partial charge in [-0.3, -0.25) is 14.5 Å². The highest BCUT2D eigenvalue weighted by atomic mass is 16.3. The molecule has 1 aliphatic rings. The van der Waals surface area contributed by atoms with Crippen LogP contribution in [0.1, 0.15) is 35.0 Å². The zero-order valence-electron chi connectivity index (χ0n) is 14.4. The molecule has 1 aliphatic heterocycles. The van der Waals surface area contributed by atoms with E-state index in [4.69, 9.17) is 4.42 Å². The number of likely N-dealkylation sites (tertiary alicyclic amines) is 1. The Hall–Kier alpha value is -2.86. The van der Waals surface area contributed by atoms with E-state index in [0.717, 1.165) is 37.1 Å². The van der Waals surface area contributed by atoms with Gasteiger partial charge in [0.2, 0.25) is 5.56 Å². The molecule has 1 aromatic carbocycles. The monoisotopic (exact) mass is 351 g/mol. The molecule has 3 heterocycles. The number of pyridine rings is 1. The fraction of sp³-hybridized carbons (Fsp3) is 0.300. The number of carbonyl (C=O) groups is 1. The second-order valence-electron chi connectivity index (χ2n) is 6.58. The van der Waals surface area contributed by atoms with Crippen LogP contribution in [0.5, 0.6) is 0 Å². The van der Waals surface area contributed by atoms with Gasteiger partial charge in [-0.2, -0.15) is 0 Å². The largest absolute Gasteiger partial charge is 0.468 e. The molecule has 6 heteroatoms. The molecule has 6 nitrogen and oxygen atoms in total. The highest BCUT2D eigenvalue weighted by Gasteiger charge is 2.26. The number of rotatable bonds is 5. The summed E-state index contributed by atoms with van der Waals surface area (Å²) in [5.74, 6) is 0.603. The summed E-state index contributed by atoms with van der Waals surface area (Å²) in [5, 5.41) is 3.73. The molecule has 0 radical (unpaired) electrons.